The first-order valence-corrected chi connectivity index (χ1v) is 7.27. The lowest BCUT2D eigenvalue weighted by molar-refractivity contribution is -0.137. The monoisotopic (exact) mass is 241 g/mol. The van der Waals surface area contributed by atoms with Gasteiger partial charge in [0.2, 0.25) is 5.91 Å². The van der Waals surface area contributed by atoms with Crippen molar-refractivity contribution in [1.29, 1.82) is 0 Å². The van der Waals surface area contributed by atoms with Crippen LogP contribution in [0.1, 0.15) is 61.7 Å². The molecule has 3 aliphatic rings. The van der Waals surface area contributed by atoms with Gasteiger partial charge in [-0.15, -0.1) is 0 Å². The van der Waals surface area contributed by atoms with Crippen molar-refractivity contribution in [1.82, 2.24) is 4.90 Å². The van der Waals surface area contributed by atoms with E-state index in [4.69, 9.17) is 0 Å². The molecule has 2 bridgehead atoms. The van der Waals surface area contributed by atoms with Gasteiger partial charge in [0.1, 0.15) is 0 Å². The van der Waals surface area contributed by atoms with Gasteiger partial charge in [0.25, 0.3) is 0 Å². The molecule has 94 valence electrons. The van der Waals surface area contributed by atoms with Crippen LogP contribution in [0.2, 0.25) is 0 Å². The molecule has 2 fully saturated rings. The summed E-state index contributed by atoms with van der Waals surface area (Å²) in [6, 6.07) is 9.43. The molecule has 2 atom stereocenters. The number of hydrogen-bond donors (Lipinski definition) is 0. The van der Waals surface area contributed by atoms with E-state index in [0.29, 0.717) is 23.9 Å². The highest BCUT2D eigenvalue weighted by Crippen LogP contribution is 2.53. The molecule has 2 aliphatic heterocycles. The minimum atomic E-state index is 0.322. The van der Waals surface area contributed by atoms with E-state index in [1.807, 2.05) is 0 Å². The maximum Gasteiger partial charge on any atom is 0.226 e. The standard InChI is InChI=1S/C16H19NO/c18-16(11-5-1-2-6-11)17-14-9-10-15(17)13-8-4-3-7-12(13)14/h3-4,7-8,11,14-15H,1-2,5-6,9-10H2/t14-,15-/m0/s1. The molecule has 0 aromatic heterocycles. The van der Waals surface area contributed by atoms with Crippen molar-refractivity contribution in [3.8, 4) is 0 Å². The number of amides is 1. The first kappa shape index (κ1) is 10.6. The van der Waals surface area contributed by atoms with Gasteiger partial charge < -0.3 is 4.90 Å². The number of benzene rings is 1. The van der Waals surface area contributed by atoms with Gasteiger partial charge in [-0.05, 0) is 36.8 Å². The number of nitrogens with zero attached hydrogens (tertiary/aromatic N) is 1. The topological polar surface area (TPSA) is 20.3 Å². The third-order valence-electron chi connectivity index (χ3n) is 5.06. The van der Waals surface area contributed by atoms with Crippen LogP contribution in [-0.2, 0) is 4.79 Å². The fraction of sp³-hybridized carbons (Fsp3) is 0.562. The minimum Gasteiger partial charge on any atom is -0.328 e. The van der Waals surface area contributed by atoms with Crippen LogP contribution in [0.4, 0.5) is 0 Å². The van der Waals surface area contributed by atoms with Gasteiger partial charge in [-0.1, -0.05) is 37.1 Å². The summed E-state index contributed by atoms with van der Waals surface area (Å²) in [5.74, 6) is 0.763. The number of carbonyl (C=O) groups is 1. The Morgan fingerprint density at radius 3 is 2.06 bits per heavy atom. The lowest BCUT2D eigenvalue weighted by atomic mass is 9.92. The number of carbonyl (C=O) groups excluding carboxylic acids is 1. The maximum absolute atomic E-state index is 12.7. The van der Waals surface area contributed by atoms with E-state index in [1.54, 1.807) is 0 Å². The predicted octanol–water partition coefficient (Wildman–Crippen LogP) is 3.60. The molecule has 2 heterocycles. The van der Waals surface area contributed by atoms with Crippen LogP contribution >= 0.6 is 0 Å². The van der Waals surface area contributed by atoms with Gasteiger partial charge in [0, 0.05) is 5.92 Å². The molecule has 4 rings (SSSR count). The lowest BCUT2D eigenvalue weighted by Crippen LogP contribution is -2.32. The second-order valence-electron chi connectivity index (χ2n) is 5.96. The van der Waals surface area contributed by atoms with Crippen LogP contribution in [0, 0.1) is 5.92 Å². The van der Waals surface area contributed by atoms with Crippen LogP contribution in [0.3, 0.4) is 0 Å². The summed E-state index contributed by atoms with van der Waals surface area (Å²) < 4.78 is 0. The summed E-state index contributed by atoms with van der Waals surface area (Å²) in [6.07, 6.45) is 7.05. The fourth-order valence-electron chi connectivity index (χ4n) is 4.23. The molecule has 0 spiro atoms. The quantitative estimate of drug-likeness (QED) is 0.735. The van der Waals surface area contributed by atoms with Crippen molar-refractivity contribution in [2.45, 2.75) is 50.6 Å². The average molecular weight is 241 g/mol. The molecule has 2 nitrogen and oxygen atoms in total. The Balaban J connectivity index is 1.67. The molecule has 1 aromatic carbocycles. The zero-order valence-electron chi connectivity index (χ0n) is 10.6. The number of hydrogen-bond acceptors (Lipinski definition) is 1. The summed E-state index contributed by atoms with van der Waals surface area (Å²) in [5.41, 5.74) is 2.83. The van der Waals surface area contributed by atoms with Gasteiger partial charge in [-0.2, -0.15) is 0 Å². The summed E-state index contributed by atoms with van der Waals surface area (Å²) >= 11 is 0. The van der Waals surface area contributed by atoms with Crippen molar-refractivity contribution in [2.24, 2.45) is 5.92 Å². The van der Waals surface area contributed by atoms with Crippen LogP contribution < -0.4 is 0 Å². The van der Waals surface area contributed by atoms with Crippen molar-refractivity contribution in [3.63, 3.8) is 0 Å². The normalized spacial score (nSPS) is 29.9. The van der Waals surface area contributed by atoms with E-state index >= 15 is 0 Å². The van der Waals surface area contributed by atoms with E-state index < -0.39 is 0 Å². The predicted molar refractivity (Wildman–Crippen MR) is 70.0 cm³/mol. The Hall–Kier alpha value is -1.31. The van der Waals surface area contributed by atoms with E-state index in [-0.39, 0.29) is 0 Å². The smallest absolute Gasteiger partial charge is 0.226 e. The molecule has 0 radical (unpaired) electrons. The Kier molecular flexibility index (Phi) is 2.26. The molecule has 0 N–H and O–H groups in total. The minimum absolute atomic E-state index is 0.322. The molecule has 1 aliphatic carbocycles. The molecular formula is C16H19NO. The van der Waals surface area contributed by atoms with Crippen LogP contribution in [0.15, 0.2) is 24.3 Å². The third-order valence-corrected chi connectivity index (χ3v) is 5.06. The molecule has 1 aromatic rings. The Morgan fingerprint density at radius 2 is 1.50 bits per heavy atom. The van der Waals surface area contributed by atoms with Gasteiger partial charge in [-0.3, -0.25) is 4.79 Å². The number of fused-ring (bicyclic) bond motifs is 5. The SMILES string of the molecule is O=C(C1CCCC1)N1[C@H]2CC[C@H]1c1ccccc12. The molecule has 1 amide bonds. The molecule has 1 saturated heterocycles. The van der Waals surface area contributed by atoms with Crippen molar-refractivity contribution in [3.05, 3.63) is 35.4 Å². The highest BCUT2D eigenvalue weighted by molar-refractivity contribution is 5.81. The highest BCUT2D eigenvalue weighted by Gasteiger charge is 2.47. The highest BCUT2D eigenvalue weighted by atomic mass is 16.2. The molecular weight excluding hydrogens is 222 g/mol. The van der Waals surface area contributed by atoms with Gasteiger partial charge in [-0.25, -0.2) is 0 Å². The summed E-state index contributed by atoms with van der Waals surface area (Å²) in [4.78, 5) is 14.9. The average Bonchev–Trinajstić information content (AvgIpc) is 3.13. The molecule has 18 heavy (non-hydrogen) atoms. The third kappa shape index (κ3) is 1.32. The second kappa shape index (κ2) is 3.84. The van der Waals surface area contributed by atoms with Crippen LogP contribution in [0.25, 0.3) is 0 Å². The molecule has 1 saturated carbocycles. The van der Waals surface area contributed by atoms with E-state index in [1.165, 1.54) is 36.8 Å². The maximum atomic E-state index is 12.7. The zero-order valence-corrected chi connectivity index (χ0v) is 10.6. The number of rotatable bonds is 1. The first-order valence-electron chi connectivity index (χ1n) is 7.27. The summed E-state index contributed by atoms with van der Waals surface area (Å²) in [6.45, 7) is 0. The largest absolute Gasteiger partial charge is 0.328 e. The Morgan fingerprint density at radius 1 is 0.944 bits per heavy atom. The van der Waals surface area contributed by atoms with Crippen LogP contribution in [-0.4, -0.2) is 10.8 Å². The Bertz CT molecular complexity index is 459. The second-order valence-corrected chi connectivity index (χ2v) is 5.96. The Labute approximate surface area is 108 Å². The summed E-state index contributed by atoms with van der Waals surface area (Å²) in [5, 5.41) is 0. The van der Waals surface area contributed by atoms with E-state index in [2.05, 4.69) is 29.2 Å². The van der Waals surface area contributed by atoms with Gasteiger partial charge in [0.15, 0.2) is 0 Å². The molecule has 0 unspecified atom stereocenters. The van der Waals surface area contributed by atoms with Gasteiger partial charge >= 0.3 is 0 Å². The van der Waals surface area contributed by atoms with E-state index in [9.17, 15) is 4.79 Å². The lowest BCUT2D eigenvalue weighted by Gasteiger charge is -2.25. The van der Waals surface area contributed by atoms with Crippen LogP contribution in [0.5, 0.6) is 0 Å². The van der Waals surface area contributed by atoms with Crippen molar-refractivity contribution < 1.29 is 4.79 Å². The fourth-order valence-corrected chi connectivity index (χ4v) is 4.23. The van der Waals surface area contributed by atoms with Gasteiger partial charge in [0.05, 0.1) is 12.1 Å². The first-order chi connectivity index (χ1) is 8.86. The zero-order chi connectivity index (χ0) is 12.1. The van der Waals surface area contributed by atoms with Crippen molar-refractivity contribution in [2.75, 3.05) is 0 Å². The van der Waals surface area contributed by atoms with E-state index in [0.717, 1.165) is 12.8 Å². The molecule has 2 heteroatoms. The summed E-state index contributed by atoms with van der Waals surface area (Å²) in [7, 11) is 0. The van der Waals surface area contributed by atoms with Crippen molar-refractivity contribution >= 4 is 5.91 Å².